The van der Waals surface area contributed by atoms with Gasteiger partial charge in [0.1, 0.15) is 0 Å². The van der Waals surface area contributed by atoms with Gasteiger partial charge in [0.25, 0.3) is 5.91 Å². The van der Waals surface area contributed by atoms with Crippen LogP contribution in [0.4, 0.5) is 0 Å². The molecule has 168 valence electrons. The van der Waals surface area contributed by atoms with E-state index < -0.39 is 5.60 Å². The van der Waals surface area contributed by atoms with Gasteiger partial charge in [-0.25, -0.2) is 0 Å². The van der Waals surface area contributed by atoms with Crippen molar-refractivity contribution < 1.29 is 14.4 Å². The second-order valence-corrected chi connectivity index (χ2v) is 11.3. The zero-order chi connectivity index (χ0) is 22.0. The maximum atomic E-state index is 13.6. The molecule has 6 heteroatoms. The Balaban J connectivity index is 1.28. The summed E-state index contributed by atoms with van der Waals surface area (Å²) in [6.07, 6.45) is 4.60. The number of rotatable bonds is 8. The molecule has 2 N–H and O–H groups in total. The van der Waals surface area contributed by atoms with Gasteiger partial charge in [-0.3, -0.25) is 4.79 Å². The quantitative estimate of drug-likeness (QED) is 0.483. The Kier molecular flexibility index (Phi) is 6.21. The molecular weight excluding hydrogens is 436 g/mol. The molecule has 0 spiro atoms. The zero-order valence-electron chi connectivity index (χ0n) is 18.3. The van der Waals surface area contributed by atoms with Crippen LogP contribution in [0, 0.1) is 5.92 Å². The van der Waals surface area contributed by atoms with Gasteiger partial charge in [0, 0.05) is 19.3 Å². The molecule has 3 aromatic rings. The first-order valence-corrected chi connectivity index (χ1v) is 13.4. The van der Waals surface area contributed by atoms with Crippen LogP contribution in [-0.2, 0) is 16.8 Å². The van der Waals surface area contributed by atoms with Gasteiger partial charge in [-0.2, -0.15) is 0 Å². The van der Waals surface area contributed by atoms with Crippen molar-refractivity contribution in [3.8, 4) is 0 Å². The van der Waals surface area contributed by atoms with Crippen molar-refractivity contribution >= 4 is 28.6 Å². The first kappa shape index (κ1) is 21.8. The smallest absolute Gasteiger partial charge is 0.263 e. The average molecular weight is 468 g/mol. The number of quaternary nitrogens is 1. The van der Waals surface area contributed by atoms with E-state index in [2.05, 4.69) is 35.6 Å². The van der Waals surface area contributed by atoms with Crippen molar-refractivity contribution in [1.82, 2.24) is 5.32 Å². The molecule has 0 unspecified atom stereocenters. The van der Waals surface area contributed by atoms with Crippen molar-refractivity contribution in [3.63, 3.8) is 0 Å². The lowest BCUT2D eigenvalue weighted by Gasteiger charge is -2.53. The van der Waals surface area contributed by atoms with Gasteiger partial charge in [0.15, 0.2) is 0 Å². The standard InChI is InChI=1S/C26H30N2O2S2/c29-25(26(30,23-10-5-17-31-23)24-11-6-18-32-24)27-22-19-28(15-12-21(22)13-16-28)14-4-9-20-7-2-1-3-8-20/h1-3,5-8,10-11,17-18,21-22,30H,4,9,12-16,19H2/p+1/t21?,22-,28?/m0/s1. The van der Waals surface area contributed by atoms with E-state index in [9.17, 15) is 9.90 Å². The summed E-state index contributed by atoms with van der Waals surface area (Å²) in [4.78, 5) is 14.9. The third-order valence-corrected chi connectivity index (χ3v) is 9.40. The molecule has 1 aromatic carbocycles. The Morgan fingerprint density at radius 2 is 1.66 bits per heavy atom. The molecular formula is C26H31N2O2S2+. The number of hydrogen-bond acceptors (Lipinski definition) is 4. The molecule has 32 heavy (non-hydrogen) atoms. The number of aliphatic hydroxyl groups is 1. The minimum atomic E-state index is -1.60. The average Bonchev–Trinajstić information content (AvgIpc) is 3.55. The van der Waals surface area contributed by atoms with E-state index in [1.807, 2.05) is 35.0 Å². The SMILES string of the molecule is O=C(N[C@H]1C[N+]2(CCCc3ccccc3)CCC1CC2)C(O)(c1cccs1)c1cccs1. The van der Waals surface area contributed by atoms with Crippen LogP contribution in [0.5, 0.6) is 0 Å². The van der Waals surface area contributed by atoms with E-state index in [-0.39, 0.29) is 11.9 Å². The number of piperidine rings is 3. The lowest BCUT2D eigenvalue weighted by molar-refractivity contribution is -0.944. The highest BCUT2D eigenvalue weighted by atomic mass is 32.1. The van der Waals surface area contributed by atoms with Crippen molar-refractivity contribution in [2.45, 2.75) is 37.3 Å². The van der Waals surface area contributed by atoms with E-state index in [0.29, 0.717) is 15.7 Å². The van der Waals surface area contributed by atoms with Gasteiger partial charge in [0.05, 0.1) is 42.0 Å². The number of nitrogens with zero attached hydrogens (tertiary/aromatic N) is 1. The summed E-state index contributed by atoms with van der Waals surface area (Å²) in [6.45, 7) is 4.57. The fraction of sp³-hybridized carbons (Fsp3) is 0.423. The summed E-state index contributed by atoms with van der Waals surface area (Å²) in [5.74, 6) is 0.243. The molecule has 5 heterocycles. The van der Waals surface area contributed by atoms with Gasteiger partial charge in [-0.15, -0.1) is 22.7 Å². The Morgan fingerprint density at radius 3 is 2.25 bits per heavy atom. The third-order valence-electron chi connectivity index (χ3n) is 7.44. The monoisotopic (exact) mass is 467 g/mol. The van der Waals surface area contributed by atoms with Crippen molar-refractivity contribution in [2.24, 2.45) is 5.92 Å². The Bertz CT molecular complexity index is 975. The van der Waals surface area contributed by atoms with Crippen LogP contribution in [0.2, 0.25) is 0 Å². The molecule has 3 saturated heterocycles. The number of hydrogen-bond donors (Lipinski definition) is 2. The van der Waals surface area contributed by atoms with Crippen LogP contribution in [-0.4, -0.2) is 47.7 Å². The van der Waals surface area contributed by atoms with Crippen LogP contribution in [0.3, 0.4) is 0 Å². The Labute approximate surface area is 198 Å². The number of thiophene rings is 2. The second-order valence-electron chi connectivity index (χ2n) is 9.37. The Morgan fingerprint density at radius 1 is 1.00 bits per heavy atom. The number of fused-ring (bicyclic) bond motifs is 3. The number of amides is 1. The van der Waals surface area contributed by atoms with Crippen molar-refractivity contribution in [1.29, 1.82) is 0 Å². The van der Waals surface area contributed by atoms with Crippen molar-refractivity contribution in [2.75, 3.05) is 26.2 Å². The number of benzene rings is 1. The highest BCUT2D eigenvalue weighted by Crippen LogP contribution is 2.38. The summed E-state index contributed by atoms with van der Waals surface area (Å²) in [7, 11) is 0. The van der Waals surface area contributed by atoms with E-state index in [0.717, 1.165) is 36.8 Å². The van der Waals surface area contributed by atoms with Crippen LogP contribution in [0.25, 0.3) is 0 Å². The molecule has 3 aliphatic heterocycles. The lowest BCUT2D eigenvalue weighted by Crippen LogP contribution is -2.68. The fourth-order valence-corrected chi connectivity index (χ4v) is 7.35. The molecule has 3 aliphatic rings. The number of carbonyl (C=O) groups is 1. The van der Waals surface area contributed by atoms with Gasteiger partial charge in [0.2, 0.25) is 5.60 Å². The molecule has 0 radical (unpaired) electrons. The van der Waals surface area contributed by atoms with Crippen LogP contribution >= 0.6 is 22.7 Å². The molecule has 0 saturated carbocycles. The van der Waals surface area contributed by atoms with E-state index in [4.69, 9.17) is 0 Å². The number of nitrogens with one attached hydrogen (secondary N) is 1. The number of aryl methyl sites for hydroxylation is 1. The van der Waals surface area contributed by atoms with Gasteiger partial charge in [-0.05, 0) is 40.8 Å². The maximum Gasteiger partial charge on any atom is 0.263 e. The number of carbonyl (C=O) groups excluding carboxylic acids is 1. The summed E-state index contributed by atoms with van der Waals surface area (Å²) in [6, 6.07) is 18.4. The zero-order valence-corrected chi connectivity index (χ0v) is 19.9. The summed E-state index contributed by atoms with van der Waals surface area (Å²) < 4.78 is 1.10. The summed E-state index contributed by atoms with van der Waals surface area (Å²) >= 11 is 2.87. The molecule has 3 fully saturated rings. The van der Waals surface area contributed by atoms with Crippen molar-refractivity contribution in [3.05, 3.63) is 80.7 Å². The highest BCUT2D eigenvalue weighted by molar-refractivity contribution is 7.12. The predicted octanol–water partition coefficient (Wildman–Crippen LogP) is 4.40. The minimum absolute atomic E-state index is 0.133. The third kappa shape index (κ3) is 4.17. The second kappa shape index (κ2) is 9.10. The first-order valence-electron chi connectivity index (χ1n) is 11.6. The molecule has 1 amide bonds. The largest absolute Gasteiger partial charge is 0.371 e. The molecule has 2 bridgehead atoms. The summed E-state index contributed by atoms with van der Waals surface area (Å²) in [5, 5.41) is 18.8. The van der Waals surface area contributed by atoms with E-state index >= 15 is 0 Å². The topological polar surface area (TPSA) is 49.3 Å². The van der Waals surface area contributed by atoms with Crippen LogP contribution in [0.1, 0.15) is 34.6 Å². The summed E-state index contributed by atoms with van der Waals surface area (Å²) in [5.41, 5.74) is -0.202. The van der Waals surface area contributed by atoms with Gasteiger partial charge >= 0.3 is 0 Å². The molecule has 0 aliphatic carbocycles. The fourth-order valence-electron chi connectivity index (χ4n) is 5.62. The first-order chi connectivity index (χ1) is 15.6. The maximum absolute atomic E-state index is 13.6. The van der Waals surface area contributed by atoms with E-state index in [1.54, 1.807) is 0 Å². The lowest BCUT2D eigenvalue weighted by atomic mass is 9.81. The highest BCUT2D eigenvalue weighted by Gasteiger charge is 2.49. The van der Waals surface area contributed by atoms with Crippen LogP contribution in [0.15, 0.2) is 65.4 Å². The Hall–Kier alpha value is -1.99. The molecule has 2 aromatic heterocycles. The molecule has 1 atom stereocenters. The van der Waals surface area contributed by atoms with Gasteiger partial charge < -0.3 is 14.9 Å². The molecule has 6 rings (SSSR count). The van der Waals surface area contributed by atoms with Gasteiger partial charge in [-0.1, -0.05) is 42.5 Å². The predicted molar refractivity (Wildman–Crippen MR) is 131 cm³/mol. The minimum Gasteiger partial charge on any atom is -0.371 e. The van der Waals surface area contributed by atoms with Crippen LogP contribution < -0.4 is 5.32 Å². The normalized spacial score (nSPS) is 25.0. The molecule has 4 nitrogen and oxygen atoms in total. The van der Waals surface area contributed by atoms with E-state index in [1.165, 1.54) is 47.7 Å².